The van der Waals surface area contributed by atoms with Gasteiger partial charge in [-0.1, -0.05) is 60.7 Å². The largest absolute Gasteiger partial charge is 0.497 e. The lowest BCUT2D eigenvalue weighted by Crippen LogP contribution is -2.60. The zero-order valence-electron chi connectivity index (χ0n) is 22.2. The fourth-order valence-corrected chi connectivity index (χ4v) is 7.30. The van der Waals surface area contributed by atoms with E-state index >= 15 is 0 Å². The Labute approximate surface area is 229 Å². The Morgan fingerprint density at radius 1 is 0.897 bits per heavy atom. The third-order valence-electron chi connectivity index (χ3n) is 9.12. The van der Waals surface area contributed by atoms with E-state index in [1.807, 2.05) is 60.7 Å². The molecule has 2 aromatic rings. The fraction of sp³-hybridized carbons (Fsp3) is 0.438. The Hall–Kier alpha value is -3.42. The van der Waals surface area contributed by atoms with Crippen LogP contribution in [0.3, 0.4) is 0 Å². The summed E-state index contributed by atoms with van der Waals surface area (Å²) in [6.45, 7) is 2.41. The van der Waals surface area contributed by atoms with Crippen LogP contribution in [0.25, 0.3) is 0 Å². The topological polar surface area (TPSA) is 71.1 Å². The molecule has 0 aromatic heterocycles. The lowest BCUT2D eigenvalue weighted by molar-refractivity contribution is -0.956. The molecule has 0 aliphatic carbocycles. The summed E-state index contributed by atoms with van der Waals surface area (Å²) in [5, 5.41) is 0. The van der Waals surface area contributed by atoms with E-state index in [-0.39, 0.29) is 6.10 Å². The van der Waals surface area contributed by atoms with E-state index in [2.05, 4.69) is 0 Å². The van der Waals surface area contributed by atoms with Gasteiger partial charge < -0.3 is 23.4 Å². The molecule has 4 aliphatic heterocycles. The summed E-state index contributed by atoms with van der Waals surface area (Å²) in [5.74, 6) is -1.01. The van der Waals surface area contributed by atoms with E-state index in [0.29, 0.717) is 35.4 Å². The maximum Gasteiger partial charge on any atom is 0.348 e. The number of carbonyl (C=O) groups is 2. The molecule has 2 aromatic carbocycles. The molecule has 3 fully saturated rings. The van der Waals surface area contributed by atoms with Crippen LogP contribution in [0.5, 0.6) is 0 Å². The molecular weight excluding hydrogens is 494 g/mol. The van der Waals surface area contributed by atoms with Crippen LogP contribution in [0.1, 0.15) is 49.7 Å². The third-order valence-corrected chi connectivity index (χ3v) is 9.12. The predicted molar refractivity (Wildman–Crippen MR) is 144 cm³/mol. The molecule has 7 heteroatoms. The highest BCUT2D eigenvalue weighted by atomic mass is 16.7. The molecule has 7 nitrogen and oxygen atoms in total. The van der Waals surface area contributed by atoms with Crippen molar-refractivity contribution in [3.8, 4) is 0 Å². The minimum Gasteiger partial charge on any atom is -0.497 e. The van der Waals surface area contributed by atoms with Crippen molar-refractivity contribution in [1.29, 1.82) is 0 Å². The molecule has 0 amide bonds. The number of piperidine rings is 1. The quantitative estimate of drug-likeness (QED) is 0.278. The molecule has 3 saturated heterocycles. The molecular formula is C32H36NO6+. The first-order valence-corrected chi connectivity index (χ1v) is 14.1. The molecule has 2 bridgehead atoms. The van der Waals surface area contributed by atoms with E-state index in [4.69, 9.17) is 18.9 Å². The molecule has 4 aliphatic rings. The first kappa shape index (κ1) is 25.8. The zero-order valence-corrected chi connectivity index (χ0v) is 22.2. The molecule has 2 unspecified atom stereocenters. The second-order valence-electron chi connectivity index (χ2n) is 11.0. The number of ether oxygens (including phenoxy) is 4. The SMILES string of the molecule is O=C(OCOC(C(=O)OC1CC2CCC(C1)[N+]21CCCC1)(c1ccccc1)c1ccccc1)C1=CCOC=C1. The number of nitrogens with zero attached hydrogens (tertiary/aromatic N) is 1. The summed E-state index contributed by atoms with van der Waals surface area (Å²) >= 11 is 0. The van der Waals surface area contributed by atoms with Crippen LogP contribution in [-0.4, -0.2) is 61.1 Å². The second kappa shape index (κ2) is 11.0. The minimum atomic E-state index is -1.58. The van der Waals surface area contributed by atoms with Gasteiger partial charge in [0.2, 0.25) is 5.60 Å². The highest BCUT2D eigenvalue weighted by Crippen LogP contribution is 2.47. The molecule has 0 saturated carbocycles. The Morgan fingerprint density at radius 3 is 2.08 bits per heavy atom. The first-order chi connectivity index (χ1) is 19.1. The molecule has 0 radical (unpaired) electrons. The average Bonchev–Trinajstić information content (AvgIpc) is 3.53. The van der Waals surface area contributed by atoms with Gasteiger partial charge in [-0.15, -0.1) is 0 Å². The van der Waals surface area contributed by atoms with Crippen LogP contribution >= 0.6 is 0 Å². The van der Waals surface area contributed by atoms with Crippen molar-refractivity contribution >= 4 is 11.9 Å². The number of hydrogen-bond donors (Lipinski definition) is 0. The van der Waals surface area contributed by atoms with Gasteiger partial charge in [-0.05, 0) is 23.3 Å². The van der Waals surface area contributed by atoms with Gasteiger partial charge >= 0.3 is 11.9 Å². The van der Waals surface area contributed by atoms with Gasteiger partial charge in [0.25, 0.3) is 0 Å². The van der Waals surface area contributed by atoms with Crippen LogP contribution in [0.4, 0.5) is 0 Å². The maximum atomic E-state index is 14.3. The van der Waals surface area contributed by atoms with Gasteiger partial charge in [-0.3, -0.25) is 0 Å². The Kier molecular flexibility index (Phi) is 7.28. The number of rotatable bonds is 8. The van der Waals surface area contributed by atoms with Crippen molar-refractivity contribution in [3.05, 3.63) is 95.8 Å². The maximum absolute atomic E-state index is 14.3. The molecule has 39 heavy (non-hydrogen) atoms. The fourth-order valence-electron chi connectivity index (χ4n) is 7.30. The van der Waals surface area contributed by atoms with Crippen molar-refractivity contribution in [1.82, 2.24) is 0 Å². The standard InChI is InChI=1S/C32H36NO6/c34-30(24-15-19-36-20-16-24)37-23-38-32(25-9-3-1-4-10-25,26-11-5-2-6-12-26)31(35)39-29-21-27-13-14-28(22-29)33(27)17-7-8-18-33/h1-6,9-12,15-16,19,27-29H,7-8,13-14,17-18,20-23H2/q+1. The average molecular weight is 531 g/mol. The predicted octanol–water partition coefficient (Wildman–Crippen LogP) is 4.77. The lowest BCUT2D eigenvalue weighted by atomic mass is 9.85. The minimum absolute atomic E-state index is 0.158. The Balaban J connectivity index is 1.27. The summed E-state index contributed by atoms with van der Waals surface area (Å²) in [7, 11) is 0. The van der Waals surface area contributed by atoms with Gasteiger partial charge in [0.05, 0.1) is 37.0 Å². The van der Waals surface area contributed by atoms with E-state index in [9.17, 15) is 9.59 Å². The molecule has 4 heterocycles. The van der Waals surface area contributed by atoms with E-state index in [0.717, 1.165) is 12.8 Å². The Bertz CT molecular complexity index is 1180. The van der Waals surface area contributed by atoms with Crippen molar-refractivity contribution in [2.24, 2.45) is 0 Å². The highest BCUT2D eigenvalue weighted by Gasteiger charge is 2.57. The summed E-state index contributed by atoms with van der Waals surface area (Å²) in [5.41, 5.74) is 0.0571. The van der Waals surface area contributed by atoms with Crippen molar-refractivity contribution < 1.29 is 33.0 Å². The summed E-state index contributed by atoms with van der Waals surface area (Å²) in [6.07, 6.45) is 11.3. The number of benzene rings is 2. The molecule has 2 atom stereocenters. The van der Waals surface area contributed by atoms with Crippen LogP contribution in [0.2, 0.25) is 0 Å². The molecule has 0 N–H and O–H groups in total. The Morgan fingerprint density at radius 2 is 1.51 bits per heavy atom. The highest BCUT2D eigenvalue weighted by molar-refractivity contribution is 5.91. The second-order valence-corrected chi connectivity index (χ2v) is 11.0. The van der Waals surface area contributed by atoms with E-state index < -0.39 is 24.3 Å². The number of quaternary nitrogens is 1. The van der Waals surface area contributed by atoms with Gasteiger partial charge in [-0.25, -0.2) is 9.59 Å². The van der Waals surface area contributed by atoms with Gasteiger partial charge in [0, 0.05) is 38.5 Å². The van der Waals surface area contributed by atoms with Gasteiger partial charge in [0.15, 0.2) is 6.79 Å². The van der Waals surface area contributed by atoms with Crippen molar-refractivity contribution in [2.75, 3.05) is 26.5 Å². The monoisotopic (exact) mass is 530 g/mol. The smallest absolute Gasteiger partial charge is 0.348 e. The molecule has 6 rings (SSSR count). The van der Waals surface area contributed by atoms with Crippen LogP contribution < -0.4 is 0 Å². The van der Waals surface area contributed by atoms with Crippen LogP contribution in [0, 0.1) is 0 Å². The number of hydrogen-bond acceptors (Lipinski definition) is 6. The molecule has 1 spiro atoms. The lowest BCUT2D eigenvalue weighted by Gasteiger charge is -2.47. The van der Waals surface area contributed by atoms with Gasteiger partial charge in [0.1, 0.15) is 12.7 Å². The van der Waals surface area contributed by atoms with Crippen molar-refractivity contribution in [3.63, 3.8) is 0 Å². The van der Waals surface area contributed by atoms with Gasteiger partial charge in [-0.2, -0.15) is 0 Å². The normalized spacial score (nSPS) is 25.1. The number of carbonyl (C=O) groups excluding carboxylic acids is 2. The van der Waals surface area contributed by atoms with Crippen LogP contribution in [0.15, 0.2) is 84.7 Å². The summed E-state index contributed by atoms with van der Waals surface area (Å²) in [6, 6.07) is 19.8. The third kappa shape index (κ3) is 4.79. The zero-order chi connectivity index (χ0) is 26.7. The van der Waals surface area contributed by atoms with E-state index in [1.165, 1.54) is 49.5 Å². The molecule has 204 valence electrons. The first-order valence-electron chi connectivity index (χ1n) is 14.1. The number of esters is 2. The summed E-state index contributed by atoms with van der Waals surface area (Å²) in [4.78, 5) is 27.0. The van der Waals surface area contributed by atoms with Crippen molar-refractivity contribution in [2.45, 2.75) is 62.3 Å². The van der Waals surface area contributed by atoms with E-state index in [1.54, 1.807) is 12.2 Å². The summed E-state index contributed by atoms with van der Waals surface area (Å²) < 4.78 is 24.5. The van der Waals surface area contributed by atoms with Crippen LogP contribution in [-0.2, 0) is 34.1 Å².